The van der Waals surface area contributed by atoms with Crippen molar-refractivity contribution in [3.05, 3.63) is 74.6 Å². The Bertz CT molecular complexity index is 1320. The van der Waals surface area contributed by atoms with Gasteiger partial charge in [-0.2, -0.15) is 4.98 Å². The Kier molecular flexibility index (Phi) is 5.72. The Morgan fingerprint density at radius 3 is 2.58 bits per heavy atom. The van der Waals surface area contributed by atoms with Gasteiger partial charge in [0.05, 0.1) is 29.2 Å². The number of aromatic amines is 1. The topological polar surface area (TPSA) is 168 Å². The van der Waals surface area contributed by atoms with Gasteiger partial charge in [0, 0.05) is 12.5 Å². The van der Waals surface area contributed by atoms with Crippen molar-refractivity contribution in [3.8, 4) is 5.75 Å². The summed E-state index contributed by atoms with van der Waals surface area (Å²) < 4.78 is 5.26. The maximum absolute atomic E-state index is 12.9. The van der Waals surface area contributed by atoms with Gasteiger partial charge in [-0.1, -0.05) is 24.3 Å². The van der Waals surface area contributed by atoms with Gasteiger partial charge in [0.25, 0.3) is 11.2 Å². The highest BCUT2D eigenvalue weighted by atomic mass is 16.6. The SMILES string of the molecule is COc1ccccc1Nc1nc2c(c(=O)[nH]1)[C@@H](C(=O)Nc1ccccc1[N+](=O)[O-])CC(=O)N2. The lowest BCUT2D eigenvalue weighted by Gasteiger charge is -2.23. The number of para-hydroxylation sites is 4. The quantitative estimate of drug-likeness (QED) is 0.328. The molecule has 2 heterocycles. The Morgan fingerprint density at radius 2 is 1.85 bits per heavy atom. The van der Waals surface area contributed by atoms with Crippen LogP contribution in [0.15, 0.2) is 53.3 Å². The van der Waals surface area contributed by atoms with Gasteiger partial charge in [-0.15, -0.1) is 0 Å². The third-order valence-electron chi connectivity index (χ3n) is 4.99. The van der Waals surface area contributed by atoms with E-state index in [9.17, 15) is 24.5 Å². The second-order valence-corrected chi connectivity index (χ2v) is 7.07. The number of anilines is 4. The summed E-state index contributed by atoms with van der Waals surface area (Å²) in [5, 5.41) is 19.1. The van der Waals surface area contributed by atoms with E-state index in [2.05, 4.69) is 25.9 Å². The zero-order chi connectivity index (χ0) is 23.5. The second kappa shape index (κ2) is 8.78. The minimum atomic E-state index is -1.19. The van der Waals surface area contributed by atoms with Crippen molar-refractivity contribution >= 4 is 40.6 Å². The number of carbonyl (C=O) groups is 2. The predicted octanol–water partition coefficient (Wildman–Crippen LogP) is 2.49. The highest BCUT2D eigenvalue weighted by Crippen LogP contribution is 2.32. The van der Waals surface area contributed by atoms with Crippen molar-refractivity contribution < 1.29 is 19.2 Å². The number of nitro benzene ring substituents is 1. The standard InChI is InChI=1S/C21H18N6O6/c1-33-15-9-5-3-7-13(15)23-21-25-18-17(20(30)26-21)11(10-16(28)24-18)19(29)22-12-6-2-4-8-14(12)27(31)32/h2-9,11H,10H2,1H3,(H,22,29)(H3,23,24,25,26,28,30)/t11-/m0/s1. The summed E-state index contributed by atoms with van der Waals surface area (Å²) in [6.45, 7) is 0. The predicted molar refractivity (Wildman–Crippen MR) is 119 cm³/mol. The lowest BCUT2D eigenvalue weighted by atomic mass is 9.92. The van der Waals surface area contributed by atoms with Crippen LogP contribution in [0.5, 0.6) is 5.75 Å². The lowest BCUT2D eigenvalue weighted by molar-refractivity contribution is -0.383. The van der Waals surface area contributed by atoms with Gasteiger partial charge >= 0.3 is 0 Å². The molecule has 12 heteroatoms. The van der Waals surface area contributed by atoms with E-state index >= 15 is 0 Å². The first kappa shape index (κ1) is 21.5. The monoisotopic (exact) mass is 450 g/mol. The van der Waals surface area contributed by atoms with Gasteiger partial charge in [0.2, 0.25) is 17.8 Å². The van der Waals surface area contributed by atoms with E-state index in [-0.39, 0.29) is 35.1 Å². The van der Waals surface area contributed by atoms with Crippen molar-refractivity contribution in [2.45, 2.75) is 12.3 Å². The number of aromatic nitrogens is 2. The van der Waals surface area contributed by atoms with Gasteiger partial charge in [0.15, 0.2) is 0 Å². The van der Waals surface area contributed by atoms with Crippen LogP contribution in [-0.4, -0.2) is 33.8 Å². The number of methoxy groups -OCH3 is 1. The number of rotatable bonds is 6. The van der Waals surface area contributed by atoms with Crippen molar-refractivity contribution in [1.29, 1.82) is 0 Å². The molecule has 4 N–H and O–H groups in total. The first-order valence-corrected chi connectivity index (χ1v) is 9.75. The van der Waals surface area contributed by atoms with Gasteiger partial charge in [0.1, 0.15) is 17.3 Å². The van der Waals surface area contributed by atoms with E-state index in [1.807, 2.05) is 0 Å². The molecule has 0 radical (unpaired) electrons. The zero-order valence-corrected chi connectivity index (χ0v) is 17.2. The summed E-state index contributed by atoms with van der Waals surface area (Å²) in [5.41, 5.74) is -0.513. The average Bonchev–Trinajstić information content (AvgIpc) is 2.78. The average molecular weight is 450 g/mol. The summed E-state index contributed by atoms with van der Waals surface area (Å²) >= 11 is 0. The second-order valence-electron chi connectivity index (χ2n) is 7.07. The molecule has 0 saturated carbocycles. The maximum atomic E-state index is 12.9. The Labute approximate surface area is 186 Å². The number of amides is 2. The van der Waals surface area contributed by atoms with E-state index in [0.29, 0.717) is 11.4 Å². The van der Waals surface area contributed by atoms with Gasteiger partial charge < -0.3 is 20.7 Å². The first-order valence-electron chi connectivity index (χ1n) is 9.75. The van der Waals surface area contributed by atoms with E-state index in [0.717, 1.165) is 0 Å². The lowest BCUT2D eigenvalue weighted by Crippen LogP contribution is -2.36. The smallest absolute Gasteiger partial charge is 0.292 e. The molecular formula is C21H18N6O6. The summed E-state index contributed by atoms with van der Waals surface area (Å²) in [4.78, 5) is 55.4. The normalized spacial score (nSPS) is 14.6. The minimum Gasteiger partial charge on any atom is -0.495 e. The molecule has 1 aliphatic heterocycles. The molecule has 1 aromatic heterocycles. The summed E-state index contributed by atoms with van der Waals surface area (Å²) in [6, 6.07) is 12.5. The highest BCUT2D eigenvalue weighted by molar-refractivity contribution is 6.05. The number of benzene rings is 2. The molecule has 0 aliphatic carbocycles. The fourth-order valence-electron chi connectivity index (χ4n) is 3.49. The minimum absolute atomic E-state index is 0.0308. The molecule has 12 nitrogen and oxygen atoms in total. The van der Waals surface area contributed by atoms with Crippen LogP contribution >= 0.6 is 0 Å². The molecule has 4 rings (SSSR count). The van der Waals surface area contributed by atoms with Crippen LogP contribution in [-0.2, 0) is 9.59 Å². The third-order valence-corrected chi connectivity index (χ3v) is 4.99. The maximum Gasteiger partial charge on any atom is 0.292 e. The molecule has 2 amide bonds. The van der Waals surface area contributed by atoms with Crippen molar-refractivity contribution in [1.82, 2.24) is 9.97 Å². The Morgan fingerprint density at radius 1 is 1.15 bits per heavy atom. The fourth-order valence-corrected chi connectivity index (χ4v) is 3.49. The number of carbonyl (C=O) groups excluding carboxylic acids is 2. The van der Waals surface area contributed by atoms with Crippen LogP contribution in [0.3, 0.4) is 0 Å². The number of fused-ring (bicyclic) bond motifs is 1. The number of nitro groups is 1. The summed E-state index contributed by atoms with van der Waals surface area (Å²) in [7, 11) is 1.49. The van der Waals surface area contributed by atoms with Crippen molar-refractivity contribution in [3.63, 3.8) is 0 Å². The van der Waals surface area contributed by atoms with E-state index in [4.69, 9.17) is 4.74 Å². The molecule has 3 aromatic rings. The number of H-pyrrole nitrogens is 1. The summed E-state index contributed by atoms with van der Waals surface area (Å²) in [6.07, 6.45) is -0.316. The highest BCUT2D eigenvalue weighted by Gasteiger charge is 2.35. The van der Waals surface area contributed by atoms with Gasteiger partial charge in [-0.25, -0.2) is 0 Å². The number of hydrogen-bond acceptors (Lipinski definition) is 8. The Hall–Kier alpha value is -4.74. The summed E-state index contributed by atoms with van der Waals surface area (Å²) in [5.74, 6) is -1.99. The first-order chi connectivity index (χ1) is 15.9. The van der Waals surface area contributed by atoms with Crippen LogP contribution in [0.1, 0.15) is 17.9 Å². The molecule has 168 valence electrons. The van der Waals surface area contributed by atoms with Crippen LogP contribution in [0.4, 0.5) is 28.8 Å². The Balaban J connectivity index is 1.66. The zero-order valence-electron chi connectivity index (χ0n) is 17.2. The van der Waals surface area contributed by atoms with Crippen LogP contribution < -0.4 is 26.2 Å². The van der Waals surface area contributed by atoms with Gasteiger partial charge in [-0.3, -0.25) is 29.5 Å². The molecule has 0 saturated heterocycles. The molecule has 0 fully saturated rings. The molecule has 1 atom stereocenters. The number of ether oxygens (including phenoxy) is 1. The van der Waals surface area contributed by atoms with E-state index < -0.39 is 28.2 Å². The largest absolute Gasteiger partial charge is 0.495 e. The number of nitrogens with one attached hydrogen (secondary N) is 4. The molecule has 0 unspecified atom stereocenters. The number of hydrogen-bond donors (Lipinski definition) is 4. The number of nitrogens with zero attached hydrogens (tertiary/aromatic N) is 2. The molecule has 1 aliphatic rings. The fraction of sp³-hybridized carbons (Fsp3) is 0.143. The van der Waals surface area contributed by atoms with E-state index in [1.54, 1.807) is 24.3 Å². The van der Waals surface area contributed by atoms with Gasteiger partial charge in [-0.05, 0) is 18.2 Å². The van der Waals surface area contributed by atoms with E-state index in [1.165, 1.54) is 31.4 Å². The molecule has 0 spiro atoms. The van der Waals surface area contributed by atoms with Crippen LogP contribution in [0.25, 0.3) is 0 Å². The molecule has 0 bridgehead atoms. The van der Waals surface area contributed by atoms with Crippen molar-refractivity contribution in [2.24, 2.45) is 0 Å². The molecular weight excluding hydrogens is 432 g/mol. The third kappa shape index (κ3) is 4.35. The van der Waals surface area contributed by atoms with Crippen LogP contribution in [0, 0.1) is 10.1 Å². The van der Waals surface area contributed by atoms with Crippen molar-refractivity contribution in [2.75, 3.05) is 23.1 Å². The molecule has 33 heavy (non-hydrogen) atoms. The molecule has 2 aromatic carbocycles. The van der Waals surface area contributed by atoms with Crippen LogP contribution in [0.2, 0.25) is 0 Å².